The smallest absolute Gasteiger partial charge is 0.0701 e. The van der Waals surface area contributed by atoms with Crippen LogP contribution in [0.5, 0.6) is 0 Å². The second-order valence-electron chi connectivity index (χ2n) is 3.11. The minimum absolute atomic E-state index is 0.0156. The van der Waals surface area contributed by atoms with E-state index in [9.17, 15) is 0 Å². The van der Waals surface area contributed by atoms with Crippen molar-refractivity contribution in [2.45, 2.75) is 13.0 Å². The van der Waals surface area contributed by atoms with Crippen LogP contribution in [0, 0.1) is 6.92 Å². The third-order valence-electron chi connectivity index (χ3n) is 2.03. The molecule has 1 aromatic heterocycles. The van der Waals surface area contributed by atoms with E-state index in [0.717, 1.165) is 0 Å². The first-order chi connectivity index (χ1) is 6.75. The Morgan fingerprint density at radius 3 is 2.86 bits per heavy atom. The van der Waals surface area contributed by atoms with E-state index in [1.807, 2.05) is 0 Å². The Morgan fingerprint density at radius 2 is 2.29 bits per heavy atom. The minimum atomic E-state index is -0.0156. The fourth-order valence-corrected chi connectivity index (χ4v) is 2.00. The van der Waals surface area contributed by atoms with E-state index >= 15 is 0 Å². The number of ether oxygens (including phenoxy) is 2. The van der Waals surface area contributed by atoms with Gasteiger partial charge in [-0.2, -0.15) is 0 Å². The molecule has 0 bridgehead atoms. The Kier molecular flexibility index (Phi) is 5.11. The third-order valence-corrected chi connectivity index (χ3v) is 2.89. The van der Waals surface area contributed by atoms with E-state index in [0.29, 0.717) is 19.8 Å². The standard InChI is InChI=1S/C10H17NO2S/c1-8-9(3-6-14-8)10(11)7-13-5-4-12-2/h3,6,10H,4-5,7,11H2,1-2H3. The van der Waals surface area contributed by atoms with Gasteiger partial charge in [-0.3, -0.25) is 0 Å². The second kappa shape index (κ2) is 6.14. The van der Waals surface area contributed by atoms with Gasteiger partial charge in [0.25, 0.3) is 0 Å². The van der Waals surface area contributed by atoms with Crippen LogP contribution in [0.15, 0.2) is 11.4 Å². The zero-order valence-corrected chi connectivity index (χ0v) is 9.47. The zero-order chi connectivity index (χ0) is 10.4. The molecule has 0 aliphatic heterocycles. The summed E-state index contributed by atoms with van der Waals surface area (Å²) in [5.74, 6) is 0. The molecule has 0 fully saturated rings. The van der Waals surface area contributed by atoms with Gasteiger partial charge in [-0.05, 0) is 23.9 Å². The van der Waals surface area contributed by atoms with E-state index < -0.39 is 0 Å². The summed E-state index contributed by atoms with van der Waals surface area (Å²) in [5, 5.41) is 2.06. The lowest BCUT2D eigenvalue weighted by molar-refractivity contribution is 0.0636. The molecule has 1 atom stereocenters. The molecule has 0 saturated carbocycles. The average Bonchev–Trinajstić information content (AvgIpc) is 2.59. The van der Waals surface area contributed by atoms with Gasteiger partial charge in [0, 0.05) is 12.0 Å². The highest BCUT2D eigenvalue weighted by atomic mass is 32.1. The number of thiophene rings is 1. The molecule has 80 valence electrons. The first kappa shape index (κ1) is 11.7. The molecule has 1 heterocycles. The molecule has 0 radical (unpaired) electrons. The van der Waals surface area contributed by atoms with Gasteiger partial charge >= 0.3 is 0 Å². The first-order valence-corrected chi connectivity index (χ1v) is 5.50. The normalized spacial score (nSPS) is 13.1. The average molecular weight is 215 g/mol. The number of aryl methyl sites for hydroxylation is 1. The van der Waals surface area contributed by atoms with E-state index in [2.05, 4.69) is 18.4 Å². The van der Waals surface area contributed by atoms with Crippen molar-refractivity contribution in [3.05, 3.63) is 21.9 Å². The lowest BCUT2D eigenvalue weighted by Crippen LogP contribution is -2.18. The van der Waals surface area contributed by atoms with E-state index in [4.69, 9.17) is 15.2 Å². The zero-order valence-electron chi connectivity index (χ0n) is 8.66. The first-order valence-electron chi connectivity index (χ1n) is 4.62. The van der Waals surface area contributed by atoms with Crippen LogP contribution in [-0.4, -0.2) is 26.9 Å². The molecule has 0 saturated heterocycles. The van der Waals surface area contributed by atoms with Crippen molar-refractivity contribution in [1.29, 1.82) is 0 Å². The van der Waals surface area contributed by atoms with Crippen molar-refractivity contribution >= 4 is 11.3 Å². The highest BCUT2D eigenvalue weighted by molar-refractivity contribution is 7.10. The summed E-state index contributed by atoms with van der Waals surface area (Å²) in [7, 11) is 1.66. The Balaban J connectivity index is 2.28. The molecule has 4 heteroatoms. The Morgan fingerprint density at radius 1 is 1.50 bits per heavy atom. The highest BCUT2D eigenvalue weighted by Gasteiger charge is 2.09. The van der Waals surface area contributed by atoms with Crippen LogP contribution in [0.4, 0.5) is 0 Å². The van der Waals surface area contributed by atoms with E-state index in [1.165, 1.54) is 10.4 Å². The van der Waals surface area contributed by atoms with Crippen LogP contribution < -0.4 is 5.73 Å². The maximum Gasteiger partial charge on any atom is 0.0701 e. The van der Waals surface area contributed by atoms with Crippen molar-refractivity contribution in [3.8, 4) is 0 Å². The fourth-order valence-electron chi connectivity index (χ4n) is 1.22. The van der Waals surface area contributed by atoms with E-state index in [-0.39, 0.29) is 6.04 Å². The van der Waals surface area contributed by atoms with Crippen molar-refractivity contribution < 1.29 is 9.47 Å². The summed E-state index contributed by atoms with van der Waals surface area (Å²) in [5.41, 5.74) is 7.15. The van der Waals surface area contributed by atoms with Crippen LogP contribution in [0.3, 0.4) is 0 Å². The van der Waals surface area contributed by atoms with Gasteiger partial charge in [0.1, 0.15) is 0 Å². The molecule has 2 N–H and O–H groups in total. The maximum atomic E-state index is 5.96. The quantitative estimate of drug-likeness (QED) is 0.735. The van der Waals surface area contributed by atoms with Gasteiger partial charge < -0.3 is 15.2 Å². The van der Waals surface area contributed by atoms with Gasteiger partial charge in [-0.25, -0.2) is 0 Å². The Labute approximate surface area is 88.8 Å². The summed E-state index contributed by atoms with van der Waals surface area (Å²) < 4.78 is 10.2. The molecule has 0 aliphatic carbocycles. The monoisotopic (exact) mass is 215 g/mol. The summed E-state index contributed by atoms with van der Waals surface area (Å²) in [6.45, 7) is 3.86. The topological polar surface area (TPSA) is 44.5 Å². The Bertz CT molecular complexity index is 262. The minimum Gasteiger partial charge on any atom is -0.382 e. The Hall–Kier alpha value is -0.420. The number of methoxy groups -OCH3 is 1. The summed E-state index contributed by atoms with van der Waals surface area (Å²) in [6, 6.07) is 2.04. The van der Waals surface area contributed by atoms with Crippen molar-refractivity contribution in [2.75, 3.05) is 26.9 Å². The maximum absolute atomic E-state index is 5.96. The number of rotatable bonds is 6. The lowest BCUT2D eigenvalue weighted by Gasteiger charge is -2.11. The van der Waals surface area contributed by atoms with Crippen LogP contribution in [0.25, 0.3) is 0 Å². The predicted molar refractivity (Wildman–Crippen MR) is 58.7 cm³/mol. The van der Waals surface area contributed by atoms with Gasteiger partial charge in [0.2, 0.25) is 0 Å². The van der Waals surface area contributed by atoms with Crippen LogP contribution in [-0.2, 0) is 9.47 Å². The molecular formula is C10H17NO2S. The van der Waals surface area contributed by atoms with Gasteiger partial charge in [0.05, 0.1) is 25.9 Å². The van der Waals surface area contributed by atoms with Crippen LogP contribution in [0.2, 0.25) is 0 Å². The molecule has 0 spiro atoms. The fraction of sp³-hybridized carbons (Fsp3) is 0.600. The molecule has 0 aliphatic rings. The van der Waals surface area contributed by atoms with Crippen LogP contribution >= 0.6 is 11.3 Å². The SMILES string of the molecule is COCCOCC(N)c1ccsc1C. The van der Waals surface area contributed by atoms with Crippen molar-refractivity contribution in [3.63, 3.8) is 0 Å². The van der Waals surface area contributed by atoms with Crippen molar-refractivity contribution in [1.82, 2.24) is 0 Å². The van der Waals surface area contributed by atoms with Gasteiger partial charge in [0.15, 0.2) is 0 Å². The molecule has 0 aromatic carbocycles. The highest BCUT2D eigenvalue weighted by Crippen LogP contribution is 2.20. The molecule has 0 amide bonds. The molecule has 1 aromatic rings. The van der Waals surface area contributed by atoms with Gasteiger partial charge in [-0.15, -0.1) is 11.3 Å². The third kappa shape index (κ3) is 3.38. The summed E-state index contributed by atoms with van der Waals surface area (Å²) >= 11 is 1.72. The second-order valence-corrected chi connectivity index (χ2v) is 4.23. The molecular weight excluding hydrogens is 198 g/mol. The molecule has 3 nitrogen and oxygen atoms in total. The summed E-state index contributed by atoms with van der Waals surface area (Å²) in [6.07, 6.45) is 0. The van der Waals surface area contributed by atoms with E-state index in [1.54, 1.807) is 18.4 Å². The molecule has 14 heavy (non-hydrogen) atoms. The van der Waals surface area contributed by atoms with Gasteiger partial charge in [-0.1, -0.05) is 0 Å². The number of hydrogen-bond donors (Lipinski definition) is 1. The predicted octanol–water partition coefficient (Wildman–Crippen LogP) is 1.72. The van der Waals surface area contributed by atoms with Crippen molar-refractivity contribution in [2.24, 2.45) is 5.73 Å². The largest absolute Gasteiger partial charge is 0.382 e. The molecule has 1 rings (SSSR count). The lowest BCUT2D eigenvalue weighted by atomic mass is 10.1. The number of hydrogen-bond acceptors (Lipinski definition) is 4. The number of nitrogens with two attached hydrogens (primary N) is 1. The summed E-state index contributed by atoms with van der Waals surface area (Å²) in [4.78, 5) is 1.27. The molecule has 1 unspecified atom stereocenters. The van der Waals surface area contributed by atoms with Crippen LogP contribution in [0.1, 0.15) is 16.5 Å².